The first-order valence-corrected chi connectivity index (χ1v) is 11.2. The number of rotatable bonds is 4. The van der Waals surface area contributed by atoms with Crippen LogP contribution in [0.3, 0.4) is 0 Å². The van der Waals surface area contributed by atoms with Gasteiger partial charge in [0.1, 0.15) is 23.4 Å². The number of halogens is 1. The third-order valence-electron chi connectivity index (χ3n) is 6.22. The van der Waals surface area contributed by atoms with E-state index < -0.39 is 5.91 Å². The molecule has 6 rings (SSSR count). The van der Waals surface area contributed by atoms with Gasteiger partial charge in [-0.3, -0.25) is 14.4 Å². The van der Waals surface area contributed by atoms with E-state index in [1.807, 2.05) is 0 Å². The van der Waals surface area contributed by atoms with Crippen LogP contribution in [0.1, 0.15) is 37.5 Å². The van der Waals surface area contributed by atoms with Crippen molar-refractivity contribution >= 4 is 34.4 Å². The molecular formula is C25H19FN6O4. The summed E-state index contributed by atoms with van der Waals surface area (Å²) in [6.07, 6.45) is 2.75. The van der Waals surface area contributed by atoms with Crippen LogP contribution in [0.2, 0.25) is 0 Å². The number of aromatic amines is 1. The molecule has 3 amide bonds. The Hall–Kier alpha value is -4.80. The molecule has 2 aromatic heterocycles. The number of hydrogen-bond acceptors (Lipinski definition) is 6. The molecule has 0 aliphatic carbocycles. The molecule has 10 nitrogen and oxygen atoms in total. The maximum atomic E-state index is 13.6. The van der Waals surface area contributed by atoms with Gasteiger partial charge in [0.2, 0.25) is 0 Å². The van der Waals surface area contributed by atoms with E-state index in [0.717, 1.165) is 16.7 Å². The predicted molar refractivity (Wildman–Crippen MR) is 126 cm³/mol. The van der Waals surface area contributed by atoms with E-state index in [1.54, 1.807) is 29.2 Å². The number of fused-ring (bicyclic) bond motifs is 3. The SMILES string of the molecule is O=C1COc2ccc(CNC(=O)c3ncnc4c(C(=O)N5Cc6ccc(F)cc6C5)c[nH]c34)cc2N1. The molecule has 0 saturated heterocycles. The van der Waals surface area contributed by atoms with E-state index in [4.69, 9.17) is 4.74 Å². The minimum absolute atomic E-state index is 0.0311. The molecule has 4 heterocycles. The Labute approximate surface area is 203 Å². The molecule has 0 unspecified atom stereocenters. The number of amides is 3. The van der Waals surface area contributed by atoms with Gasteiger partial charge in [0.15, 0.2) is 12.3 Å². The largest absolute Gasteiger partial charge is 0.482 e. The summed E-state index contributed by atoms with van der Waals surface area (Å²) in [5, 5.41) is 5.53. The Balaban J connectivity index is 1.19. The van der Waals surface area contributed by atoms with Crippen LogP contribution in [-0.4, -0.2) is 44.2 Å². The lowest BCUT2D eigenvalue weighted by Crippen LogP contribution is -2.26. The van der Waals surface area contributed by atoms with Crippen molar-refractivity contribution in [3.05, 3.63) is 82.7 Å². The van der Waals surface area contributed by atoms with E-state index in [9.17, 15) is 18.8 Å². The van der Waals surface area contributed by atoms with E-state index in [-0.39, 0.29) is 36.5 Å². The Morgan fingerprint density at radius 2 is 1.97 bits per heavy atom. The van der Waals surface area contributed by atoms with Crippen LogP contribution in [0, 0.1) is 5.82 Å². The zero-order valence-electron chi connectivity index (χ0n) is 18.8. The number of H-pyrrole nitrogens is 1. The summed E-state index contributed by atoms with van der Waals surface area (Å²) in [5.41, 5.74) is 4.04. The second-order valence-corrected chi connectivity index (χ2v) is 8.57. The predicted octanol–water partition coefficient (Wildman–Crippen LogP) is 2.51. The van der Waals surface area contributed by atoms with Gasteiger partial charge in [-0.05, 0) is 41.0 Å². The lowest BCUT2D eigenvalue weighted by Gasteiger charge is -2.18. The molecule has 0 atom stereocenters. The highest BCUT2D eigenvalue weighted by atomic mass is 19.1. The topological polar surface area (TPSA) is 129 Å². The molecule has 0 spiro atoms. The molecule has 3 N–H and O–H groups in total. The van der Waals surface area contributed by atoms with E-state index in [2.05, 4.69) is 25.6 Å². The Bertz CT molecular complexity index is 1570. The van der Waals surface area contributed by atoms with Crippen molar-refractivity contribution in [1.82, 2.24) is 25.2 Å². The number of anilines is 1. The van der Waals surface area contributed by atoms with Crippen LogP contribution >= 0.6 is 0 Å². The van der Waals surface area contributed by atoms with Crippen molar-refractivity contribution in [2.24, 2.45) is 0 Å². The molecule has 0 saturated carbocycles. The molecule has 2 aliphatic heterocycles. The quantitative estimate of drug-likeness (QED) is 0.407. The van der Waals surface area contributed by atoms with Crippen LogP contribution in [0.15, 0.2) is 48.9 Å². The van der Waals surface area contributed by atoms with Crippen molar-refractivity contribution in [3.8, 4) is 5.75 Å². The lowest BCUT2D eigenvalue weighted by molar-refractivity contribution is -0.118. The summed E-state index contributed by atoms with van der Waals surface area (Å²) in [4.78, 5) is 50.6. The summed E-state index contributed by atoms with van der Waals surface area (Å²) in [5.74, 6) is -0.746. The normalized spacial score (nSPS) is 14.1. The third-order valence-corrected chi connectivity index (χ3v) is 6.22. The average Bonchev–Trinajstić information content (AvgIpc) is 3.50. The van der Waals surface area contributed by atoms with Crippen LogP contribution < -0.4 is 15.4 Å². The first kappa shape index (κ1) is 21.7. The number of carbonyl (C=O) groups is 3. The molecule has 180 valence electrons. The summed E-state index contributed by atoms with van der Waals surface area (Å²) < 4.78 is 18.9. The molecule has 0 fully saturated rings. The first-order chi connectivity index (χ1) is 17.5. The molecule has 36 heavy (non-hydrogen) atoms. The Morgan fingerprint density at radius 3 is 2.86 bits per heavy atom. The van der Waals surface area contributed by atoms with Gasteiger partial charge < -0.3 is 25.3 Å². The van der Waals surface area contributed by atoms with Crippen molar-refractivity contribution in [2.75, 3.05) is 11.9 Å². The van der Waals surface area contributed by atoms with Crippen LogP contribution in [0.5, 0.6) is 5.75 Å². The van der Waals surface area contributed by atoms with Crippen molar-refractivity contribution in [2.45, 2.75) is 19.6 Å². The lowest BCUT2D eigenvalue weighted by atomic mass is 10.1. The first-order valence-electron chi connectivity index (χ1n) is 11.2. The van der Waals surface area contributed by atoms with Crippen molar-refractivity contribution < 1.29 is 23.5 Å². The molecule has 4 aromatic rings. The van der Waals surface area contributed by atoms with Gasteiger partial charge in [0.05, 0.1) is 16.8 Å². The van der Waals surface area contributed by atoms with E-state index in [1.165, 1.54) is 24.7 Å². The van der Waals surface area contributed by atoms with Gasteiger partial charge >= 0.3 is 0 Å². The smallest absolute Gasteiger partial charge is 0.272 e. The fraction of sp³-hybridized carbons (Fsp3) is 0.160. The van der Waals surface area contributed by atoms with Crippen LogP contribution in [0.25, 0.3) is 11.0 Å². The molecule has 0 radical (unpaired) electrons. The summed E-state index contributed by atoms with van der Waals surface area (Å²) in [6.45, 7) is 0.814. The Morgan fingerprint density at radius 1 is 1.11 bits per heavy atom. The number of nitrogens with zero attached hydrogens (tertiary/aromatic N) is 3. The molecular weight excluding hydrogens is 467 g/mol. The molecule has 0 bridgehead atoms. The van der Waals surface area contributed by atoms with Crippen molar-refractivity contribution in [3.63, 3.8) is 0 Å². The monoisotopic (exact) mass is 486 g/mol. The maximum Gasteiger partial charge on any atom is 0.272 e. The van der Waals surface area contributed by atoms with E-state index >= 15 is 0 Å². The highest BCUT2D eigenvalue weighted by molar-refractivity contribution is 6.10. The zero-order chi connectivity index (χ0) is 24.8. The van der Waals surface area contributed by atoms with Gasteiger partial charge in [-0.15, -0.1) is 0 Å². The number of aromatic nitrogens is 3. The van der Waals surface area contributed by atoms with Gasteiger partial charge in [-0.2, -0.15) is 0 Å². The molecule has 11 heteroatoms. The highest BCUT2D eigenvalue weighted by Gasteiger charge is 2.28. The second-order valence-electron chi connectivity index (χ2n) is 8.57. The average molecular weight is 486 g/mol. The maximum absolute atomic E-state index is 13.6. The minimum Gasteiger partial charge on any atom is -0.482 e. The van der Waals surface area contributed by atoms with Gasteiger partial charge in [-0.25, -0.2) is 14.4 Å². The summed E-state index contributed by atoms with van der Waals surface area (Å²) in [6, 6.07) is 9.75. The van der Waals surface area contributed by atoms with Gasteiger partial charge in [0.25, 0.3) is 17.7 Å². The number of carbonyl (C=O) groups excluding carboxylic acids is 3. The minimum atomic E-state index is -0.453. The Kier molecular flexibility index (Phi) is 5.10. The fourth-order valence-electron chi connectivity index (χ4n) is 4.46. The third kappa shape index (κ3) is 3.80. The number of ether oxygens (including phenoxy) is 1. The molecule has 2 aromatic carbocycles. The summed E-state index contributed by atoms with van der Waals surface area (Å²) >= 11 is 0. The standard InChI is InChI=1S/C25H19FN6O4/c26-16-3-2-14-9-32(10-15(14)6-16)25(35)17-8-27-22-21(17)29-12-30-23(22)24(34)28-7-13-1-4-19-18(5-13)31-20(33)11-36-19/h1-6,8,12,27H,7,9-11H2,(H,28,34)(H,31,33). The number of nitrogens with one attached hydrogen (secondary N) is 3. The number of hydrogen-bond donors (Lipinski definition) is 3. The van der Waals surface area contributed by atoms with Crippen LogP contribution in [0.4, 0.5) is 10.1 Å². The fourth-order valence-corrected chi connectivity index (χ4v) is 4.46. The van der Waals surface area contributed by atoms with Crippen molar-refractivity contribution in [1.29, 1.82) is 0 Å². The highest BCUT2D eigenvalue weighted by Crippen LogP contribution is 2.29. The van der Waals surface area contributed by atoms with Gasteiger partial charge in [-0.1, -0.05) is 12.1 Å². The summed E-state index contributed by atoms with van der Waals surface area (Å²) in [7, 11) is 0. The zero-order valence-corrected chi connectivity index (χ0v) is 18.8. The molecule has 2 aliphatic rings. The van der Waals surface area contributed by atoms with Gasteiger partial charge in [0, 0.05) is 25.8 Å². The van der Waals surface area contributed by atoms with Crippen LogP contribution in [-0.2, 0) is 24.4 Å². The number of benzene rings is 2. The second kappa shape index (κ2) is 8.45. The van der Waals surface area contributed by atoms with E-state index in [0.29, 0.717) is 41.1 Å².